The molecule has 1 saturated heterocycles. The van der Waals surface area contributed by atoms with Crippen LogP contribution in [0.2, 0.25) is 0 Å². The molecule has 0 saturated carbocycles. The second-order valence-electron chi connectivity index (χ2n) is 7.04. The van der Waals surface area contributed by atoms with Gasteiger partial charge < -0.3 is 20.7 Å². The van der Waals surface area contributed by atoms with E-state index in [4.69, 9.17) is 4.74 Å². The molecule has 2 aliphatic heterocycles. The number of pyridine rings is 1. The van der Waals surface area contributed by atoms with Crippen molar-refractivity contribution in [1.29, 1.82) is 0 Å². The number of thiophene rings is 1. The standard InChI is InChI=1S/C20H24N4O3S/c25-18(14-1-6-21-7-2-14)23-10-11-24-19(26)17-13-15-16(28-17)3-12-27-20(15)4-8-22-9-5-20/h1-2,6-7,13,22H,3-5,8-12H2,(H,23,25)(H,24,26). The number of piperidine rings is 1. The first-order valence-electron chi connectivity index (χ1n) is 9.62. The average molecular weight is 401 g/mol. The molecule has 0 radical (unpaired) electrons. The third kappa shape index (κ3) is 3.94. The highest BCUT2D eigenvalue weighted by Gasteiger charge is 2.40. The van der Waals surface area contributed by atoms with E-state index in [1.54, 1.807) is 35.9 Å². The zero-order valence-electron chi connectivity index (χ0n) is 15.6. The van der Waals surface area contributed by atoms with E-state index in [1.807, 2.05) is 6.07 Å². The summed E-state index contributed by atoms with van der Waals surface area (Å²) in [4.78, 5) is 30.4. The lowest BCUT2D eigenvalue weighted by Gasteiger charge is -2.40. The van der Waals surface area contributed by atoms with Gasteiger partial charge in [-0.1, -0.05) is 0 Å². The maximum absolute atomic E-state index is 12.6. The fourth-order valence-corrected chi connectivity index (χ4v) is 4.97. The number of nitrogens with zero attached hydrogens (tertiary/aromatic N) is 1. The maximum Gasteiger partial charge on any atom is 0.261 e. The minimum Gasteiger partial charge on any atom is -0.370 e. The molecule has 28 heavy (non-hydrogen) atoms. The number of ether oxygens (including phenoxy) is 1. The Hall–Kier alpha value is -2.29. The van der Waals surface area contributed by atoms with Gasteiger partial charge in [0, 0.05) is 42.3 Å². The maximum atomic E-state index is 12.6. The summed E-state index contributed by atoms with van der Waals surface area (Å²) in [5, 5.41) is 9.07. The first-order chi connectivity index (χ1) is 13.7. The lowest BCUT2D eigenvalue weighted by molar-refractivity contribution is -0.0792. The highest BCUT2D eigenvalue weighted by atomic mass is 32.1. The van der Waals surface area contributed by atoms with Crippen LogP contribution in [0, 0.1) is 0 Å². The van der Waals surface area contributed by atoms with Gasteiger partial charge in [0.2, 0.25) is 0 Å². The van der Waals surface area contributed by atoms with Crippen LogP contribution in [0.4, 0.5) is 0 Å². The lowest BCUT2D eigenvalue weighted by atomic mass is 9.83. The van der Waals surface area contributed by atoms with Crippen molar-refractivity contribution in [2.45, 2.75) is 24.9 Å². The van der Waals surface area contributed by atoms with E-state index in [-0.39, 0.29) is 17.4 Å². The molecule has 8 heteroatoms. The minimum atomic E-state index is -0.230. The quantitative estimate of drug-likeness (QED) is 0.661. The third-order valence-corrected chi connectivity index (χ3v) is 6.47. The Morgan fingerprint density at radius 2 is 1.86 bits per heavy atom. The summed E-state index contributed by atoms with van der Waals surface area (Å²) in [6, 6.07) is 5.32. The Kier molecular flexibility index (Phi) is 5.70. The van der Waals surface area contributed by atoms with Crippen LogP contribution in [0.3, 0.4) is 0 Å². The molecular weight excluding hydrogens is 376 g/mol. The average Bonchev–Trinajstić information content (AvgIpc) is 3.18. The van der Waals surface area contributed by atoms with Gasteiger partial charge in [-0.25, -0.2) is 0 Å². The Morgan fingerprint density at radius 1 is 1.14 bits per heavy atom. The normalized spacial score (nSPS) is 17.7. The number of carbonyl (C=O) groups excluding carboxylic acids is 2. The smallest absolute Gasteiger partial charge is 0.261 e. The van der Waals surface area contributed by atoms with Crippen molar-refractivity contribution in [2.24, 2.45) is 0 Å². The van der Waals surface area contributed by atoms with Crippen LogP contribution < -0.4 is 16.0 Å². The van der Waals surface area contributed by atoms with Crippen LogP contribution in [0.15, 0.2) is 30.6 Å². The second kappa shape index (κ2) is 8.38. The summed E-state index contributed by atoms with van der Waals surface area (Å²) >= 11 is 1.57. The molecule has 0 atom stereocenters. The van der Waals surface area contributed by atoms with E-state index in [0.29, 0.717) is 23.5 Å². The number of hydrogen-bond donors (Lipinski definition) is 3. The van der Waals surface area contributed by atoms with Crippen molar-refractivity contribution in [3.05, 3.63) is 51.5 Å². The molecule has 4 heterocycles. The number of nitrogens with one attached hydrogen (secondary N) is 3. The number of amides is 2. The molecule has 148 valence electrons. The SMILES string of the molecule is O=C(NCCNC(=O)c1cc2c(s1)CCOC21CCNCC1)c1ccncc1. The molecule has 0 aliphatic carbocycles. The zero-order chi connectivity index (χ0) is 19.4. The molecule has 0 bridgehead atoms. The summed E-state index contributed by atoms with van der Waals surface area (Å²) < 4.78 is 6.18. The first-order valence-corrected chi connectivity index (χ1v) is 10.4. The summed E-state index contributed by atoms with van der Waals surface area (Å²) in [5.74, 6) is -0.269. The lowest BCUT2D eigenvalue weighted by Crippen LogP contribution is -2.44. The summed E-state index contributed by atoms with van der Waals surface area (Å²) in [6.07, 6.45) is 5.91. The predicted molar refractivity (Wildman–Crippen MR) is 107 cm³/mol. The number of aromatic nitrogens is 1. The third-order valence-electron chi connectivity index (χ3n) is 5.28. The molecule has 2 aromatic rings. The van der Waals surface area contributed by atoms with E-state index in [9.17, 15) is 9.59 Å². The molecule has 0 aromatic carbocycles. The highest BCUT2D eigenvalue weighted by Crippen LogP contribution is 2.43. The monoisotopic (exact) mass is 400 g/mol. The van der Waals surface area contributed by atoms with Gasteiger partial charge in [0.1, 0.15) is 0 Å². The van der Waals surface area contributed by atoms with Gasteiger partial charge in [-0.3, -0.25) is 14.6 Å². The molecule has 2 amide bonds. The Labute approximate surface area is 167 Å². The molecular formula is C20H24N4O3S. The van der Waals surface area contributed by atoms with Crippen molar-refractivity contribution in [3.8, 4) is 0 Å². The Bertz CT molecular complexity index is 846. The van der Waals surface area contributed by atoms with Crippen LogP contribution in [0.5, 0.6) is 0 Å². The number of hydrogen-bond acceptors (Lipinski definition) is 6. The second-order valence-corrected chi connectivity index (χ2v) is 8.17. The van der Waals surface area contributed by atoms with Gasteiger partial charge in [0.25, 0.3) is 11.8 Å². The van der Waals surface area contributed by atoms with Crippen LogP contribution in [-0.4, -0.2) is 49.6 Å². The van der Waals surface area contributed by atoms with E-state index >= 15 is 0 Å². The topological polar surface area (TPSA) is 92.4 Å². The summed E-state index contributed by atoms with van der Waals surface area (Å²) in [6.45, 7) is 3.35. The molecule has 0 unspecified atom stereocenters. The zero-order valence-corrected chi connectivity index (χ0v) is 16.4. The van der Waals surface area contributed by atoms with Gasteiger partial charge >= 0.3 is 0 Å². The van der Waals surface area contributed by atoms with Gasteiger partial charge in [0.05, 0.1) is 17.1 Å². The number of fused-ring (bicyclic) bond motifs is 2. The highest BCUT2D eigenvalue weighted by molar-refractivity contribution is 7.14. The molecule has 7 nitrogen and oxygen atoms in total. The molecule has 3 N–H and O–H groups in total. The van der Waals surface area contributed by atoms with Crippen molar-refractivity contribution in [3.63, 3.8) is 0 Å². The van der Waals surface area contributed by atoms with Gasteiger partial charge in [-0.15, -0.1) is 11.3 Å². The first kappa shape index (κ1) is 19.0. The Morgan fingerprint density at radius 3 is 2.61 bits per heavy atom. The van der Waals surface area contributed by atoms with Gasteiger partial charge in [-0.2, -0.15) is 0 Å². The summed E-state index contributed by atoms with van der Waals surface area (Å²) in [7, 11) is 0. The minimum absolute atomic E-state index is 0.0957. The molecule has 4 rings (SSSR count). The predicted octanol–water partition coefficient (Wildman–Crippen LogP) is 1.45. The number of carbonyl (C=O) groups is 2. The Balaban J connectivity index is 1.33. The van der Waals surface area contributed by atoms with Gasteiger partial charge in [0.15, 0.2) is 0 Å². The van der Waals surface area contributed by atoms with Crippen molar-refractivity contribution in [1.82, 2.24) is 20.9 Å². The van der Waals surface area contributed by atoms with Crippen LogP contribution in [0.25, 0.3) is 0 Å². The molecule has 1 spiro atoms. The fourth-order valence-electron chi connectivity index (χ4n) is 3.82. The van der Waals surface area contributed by atoms with Crippen LogP contribution in [0.1, 0.15) is 43.3 Å². The number of rotatable bonds is 5. The molecule has 1 fully saturated rings. The molecule has 2 aromatic heterocycles. The summed E-state index contributed by atoms with van der Waals surface area (Å²) in [5.41, 5.74) is 1.52. The van der Waals surface area contributed by atoms with E-state index in [0.717, 1.165) is 39.0 Å². The largest absolute Gasteiger partial charge is 0.370 e. The van der Waals surface area contributed by atoms with E-state index < -0.39 is 0 Å². The van der Waals surface area contributed by atoms with E-state index in [1.165, 1.54) is 10.4 Å². The molecule has 2 aliphatic rings. The van der Waals surface area contributed by atoms with Crippen LogP contribution >= 0.6 is 11.3 Å². The van der Waals surface area contributed by atoms with Crippen molar-refractivity contribution >= 4 is 23.2 Å². The fraction of sp³-hybridized carbons (Fsp3) is 0.450. The van der Waals surface area contributed by atoms with E-state index in [2.05, 4.69) is 20.9 Å². The van der Waals surface area contributed by atoms with Crippen LogP contribution in [-0.2, 0) is 16.8 Å². The van der Waals surface area contributed by atoms with Gasteiger partial charge in [-0.05, 0) is 49.7 Å². The van der Waals surface area contributed by atoms with Crippen molar-refractivity contribution in [2.75, 3.05) is 32.8 Å². The van der Waals surface area contributed by atoms with Crippen molar-refractivity contribution < 1.29 is 14.3 Å².